The number of halogens is 3. The van der Waals surface area contributed by atoms with Gasteiger partial charge in [-0.15, -0.1) is 0 Å². The Hall–Kier alpha value is -1.38. The van der Waals surface area contributed by atoms with E-state index in [1.165, 1.54) is 22.7 Å². The van der Waals surface area contributed by atoms with E-state index in [2.05, 4.69) is 21.2 Å². The maximum absolute atomic E-state index is 12.6. The van der Waals surface area contributed by atoms with Gasteiger partial charge in [0, 0.05) is 9.50 Å². The first-order valence-electron chi connectivity index (χ1n) is 7.59. The zero-order chi connectivity index (χ0) is 19.6. The van der Waals surface area contributed by atoms with Crippen molar-refractivity contribution in [2.45, 2.75) is 0 Å². The number of nitrogens with one attached hydrogen (secondary N) is 1. The molecule has 0 radical (unpaired) electrons. The highest BCUT2D eigenvalue weighted by Crippen LogP contribution is 2.33. The highest BCUT2D eigenvalue weighted by molar-refractivity contribution is 9.10. The molecule has 0 bridgehead atoms. The van der Waals surface area contributed by atoms with Gasteiger partial charge in [-0.2, -0.15) is 0 Å². The first kappa shape index (κ1) is 20.4. The van der Waals surface area contributed by atoms with E-state index in [4.69, 9.17) is 35.4 Å². The Morgan fingerprint density at radius 2 is 2.04 bits per heavy atom. The Kier molecular flexibility index (Phi) is 6.60. The van der Waals surface area contributed by atoms with E-state index < -0.39 is 5.91 Å². The fraction of sp³-hybridized carbons (Fsp3) is 0.0556. The fourth-order valence-electron chi connectivity index (χ4n) is 2.31. The molecule has 0 aromatic heterocycles. The molecule has 2 aromatic rings. The molecule has 27 heavy (non-hydrogen) atoms. The Bertz CT molecular complexity index is 982. The summed E-state index contributed by atoms with van der Waals surface area (Å²) < 4.78 is 1.24. The Morgan fingerprint density at radius 3 is 2.74 bits per heavy atom. The van der Waals surface area contributed by atoms with Crippen LogP contribution in [0, 0.1) is 0 Å². The van der Waals surface area contributed by atoms with Gasteiger partial charge in [0.15, 0.2) is 0 Å². The summed E-state index contributed by atoms with van der Waals surface area (Å²) in [6.45, 7) is -0.195. The summed E-state index contributed by atoms with van der Waals surface area (Å²) in [7, 11) is 0. The second-order valence-corrected chi connectivity index (χ2v) is 8.93. The van der Waals surface area contributed by atoms with Crippen LogP contribution in [0.1, 0.15) is 5.56 Å². The van der Waals surface area contributed by atoms with E-state index in [0.717, 1.165) is 10.0 Å². The van der Waals surface area contributed by atoms with Crippen LogP contribution in [-0.4, -0.2) is 27.6 Å². The second kappa shape index (κ2) is 8.75. The number of rotatable bonds is 4. The minimum Gasteiger partial charge on any atom is -0.323 e. The van der Waals surface area contributed by atoms with E-state index in [9.17, 15) is 9.59 Å². The summed E-state index contributed by atoms with van der Waals surface area (Å²) in [5, 5.41) is 3.44. The van der Waals surface area contributed by atoms with Crippen LogP contribution in [0.4, 0.5) is 5.69 Å². The van der Waals surface area contributed by atoms with Crippen molar-refractivity contribution < 1.29 is 9.59 Å². The molecular weight excluding hydrogens is 491 g/mol. The third-order valence-corrected chi connectivity index (χ3v) is 5.95. The van der Waals surface area contributed by atoms with Gasteiger partial charge in [-0.3, -0.25) is 14.5 Å². The average Bonchev–Trinajstić information content (AvgIpc) is 2.85. The Labute approximate surface area is 184 Å². The predicted octanol–water partition coefficient (Wildman–Crippen LogP) is 5.60. The van der Waals surface area contributed by atoms with Gasteiger partial charge < -0.3 is 5.32 Å². The molecule has 9 heteroatoms. The van der Waals surface area contributed by atoms with E-state index in [-0.39, 0.29) is 12.5 Å². The van der Waals surface area contributed by atoms with Gasteiger partial charge in [0.05, 0.1) is 15.6 Å². The molecule has 0 unspecified atom stereocenters. The highest BCUT2D eigenvalue weighted by atomic mass is 79.9. The van der Waals surface area contributed by atoms with Crippen molar-refractivity contribution in [1.82, 2.24) is 4.90 Å². The molecule has 0 atom stereocenters. The molecule has 138 valence electrons. The molecule has 1 heterocycles. The average molecular weight is 502 g/mol. The lowest BCUT2D eigenvalue weighted by Crippen LogP contribution is -2.36. The molecule has 1 aliphatic heterocycles. The molecule has 0 spiro atoms. The topological polar surface area (TPSA) is 49.4 Å². The maximum atomic E-state index is 12.6. The zero-order valence-corrected chi connectivity index (χ0v) is 18.3. The van der Waals surface area contributed by atoms with Crippen molar-refractivity contribution in [3.63, 3.8) is 0 Å². The van der Waals surface area contributed by atoms with Gasteiger partial charge in [-0.25, -0.2) is 0 Å². The second-order valence-electron chi connectivity index (χ2n) is 5.50. The van der Waals surface area contributed by atoms with Crippen molar-refractivity contribution >= 4 is 91.0 Å². The highest BCUT2D eigenvalue weighted by Gasteiger charge is 2.33. The van der Waals surface area contributed by atoms with Gasteiger partial charge in [0.1, 0.15) is 10.9 Å². The number of hydrogen-bond donors (Lipinski definition) is 1. The van der Waals surface area contributed by atoms with Crippen molar-refractivity contribution in [2.75, 3.05) is 11.9 Å². The summed E-state index contributed by atoms with van der Waals surface area (Å²) in [5.41, 5.74) is 1.28. The van der Waals surface area contributed by atoms with Gasteiger partial charge in [-0.1, -0.05) is 75.2 Å². The first-order valence-corrected chi connectivity index (χ1v) is 10.4. The van der Waals surface area contributed by atoms with Crippen LogP contribution < -0.4 is 5.32 Å². The third kappa shape index (κ3) is 5.12. The van der Waals surface area contributed by atoms with Gasteiger partial charge in [-0.05, 0) is 42.0 Å². The van der Waals surface area contributed by atoms with Crippen LogP contribution in [0.2, 0.25) is 10.0 Å². The van der Waals surface area contributed by atoms with Crippen LogP contribution in [0.15, 0.2) is 51.8 Å². The summed E-state index contributed by atoms with van der Waals surface area (Å²) in [6.07, 6.45) is 1.75. The lowest BCUT2D eigenvalue weighted by atomic mass is 10.2. The number of amides is 2. The van der Waals surface area contributed by atoms with Crippen LogP contribution in [-0.2, 0) is 9.59 Å². The molecule has 1 N–H and O–H groups in total. The fourth-order valence-corrected chi connectivity index (χ4v) is 4.44. The quantitative estimate of drug-likeness (QED) is 0.437. The monoisotopic (exact) mass is 500 g/mol. The molecule has 0 saturated carbocycles. The zero-order valence-electron chi connectivity index (χ0n) is 13.5. The number of benzene rings is 2. The van der Waals surface area contributed by atoms with Crippen molar-refractivity contribution in [3.8, 4) is 0 Å². The summed E-state index contributed by atoms with van der Waals surface area (Å²) >= 11 is 21.7. The standard InChI is InChI=1S/C18H11BrCl2N2O2S2/c19-11-3-1-2-10(6-11)7-15-17(25)23(18(26)27-15)9-16(24)22-14-5-4-12(20)8-13(14)21/h1-8H,9H2,(H,22,24)/b15-7-. The van der Waals surface area contributed by atoms with Crippen LogP contribution >= 0.6 is 63.1 Å². The first-order chi connectivity index (χ1) is 12.8. The van der Waals surface area contributed by atoms with Crippen molar-refractivity contribution in [3.05, 3.63) is 67.5 Å². The molecule has 1 saturated heterocycles. The number of carbonyl (C=O) groups is 2. The lowest BCUT2D eigenvalue weighted by molar-refractivity contribution is -0.126. The normalized spacial score (nSPS) is 15.5. The van der Waals surface area contributed by atoms with E-state index >= 15 is 0 Å². The Balaban J connectivity index is 1.71. The van der Waals surface area contributed by atoms with Gasteiger partial charge in [0.2, 0.25) is 5.91 Å². The number of thiocarbonyl (C=S) groups is 1. The smallest absolute Gasteiger partial charge is 0.266 e. The van der Waals surface area contributed by atoms with Crippen LogP contribution in [0.3, 0.4) is 0 Å². The van der Waals surface area contributed by atoms with E-state index in [1.807, 2.05) is 24.3 Å². The number of nitrogens with zero attached hydrogens (tertiary/aromatic N) is 1. The number of carbonyl (C=O) groups excluding carboxylic acids is 2. The SMILES string of the molecule is O=C(CN1C(=O)/C(=C/c2cccc(Br)c2)SC1=S)Nc1ccc(Cl)cc1Cl. The largest absolute Gasteiger partial charge is 0.323 e. The molecule has 4 nitrogen and oxygen atoms in total. The molecule has 0 aliphatic carbocycles. The van der Waals surface area contributed by atoms with Gasteiger partial charge in [0.25, 0.3) is 5.91 Å². The maximum Gasteiger partial charge on any atom is 0.266 e. The van der Waals surface area contributed by atoms with E-state index in [1.54, 1.807) is 18.2 Å². The molecule has 2 amide bonds. The summed E-state index contributed by atoms with van der Waals surface area (Å²) in [6, 6.07) is 12.3. The predicted molar refractivity (Wildman–Crippen MR) is 119 cm³/mol. The summed E-state index contributed by atoms with van der Waals surface area (Å²) in [4.78, 5) is 26.7. The molecular formula is C18H11BrCl2N2O2S2. The van der Waals surface area contributed by atoms with Gasteiger partial charge >= 0.3 is 0 Å². The lowest BCUT2D eigenvalue weighted by Gasteiger charge is -2.14. The molecule has 3 rings (SSSR count). The molecule has 1 aliphatic rings. The molecule has 1 fully saturated rings. The van der Waals surface area contributed by atoms with E-state index in [0.29, 0.717) is 25.0 Å². The summed E-state index contributed by atoms with van der Waals surface area (Å²) in [5.74, 6) is -0.707. The van der Waals surface area contributed by atoms with Crippen LogP contribution in [0.25, 0.3) is 6.08 Å². The number of thioether (sulfide) groups is 1. The number of hydrogen-bond acceptors (Lipinski definition) is 4. The van der Waals surface area contributed by atoms with Crippen molar-refractivity contribution in [1.29, 1.82) is 0 Å². The van der Waals surface area contributed by atoms with Crippen molar-refractivity contribution in [2.24, 2.45) is 0 Å². The minimum absolute atomic E-state index is 0.195. The third-order valence-electron chi connectivity index (χ3n) is 3.53. The Morgan fingerprint density at radius 1 is 1.26 bits per heavy atom. The van der Waals surface area contributed by atoms with Crippen LogP contribution in [0.5, 0.6) is 0 Å². The number of anilines is 1. The minimum atomic E-state index is -0.403. The molecule has 2 aromatic carbocycles.